The molecule has 2 heterocycles. The highest BCUT2D eigenvalue weighted by Crippen LogP contribution is 2.68. The molecule has 12 heteroatoms. The molecule has 0 aliphatic heterocycles. The van der Waals surface area contributed by atoms with Crippen molar-refractivity contribution in [2.45, 2.75) is 34.6 Å². The Labute approximate surface area is 204 Å². The Hall–Kier alpha value is -2.92. The molecule has 0 atom stereocenters. The van der Waals surface area contributed by atoms with E-state index in [1.54, 1.807) is 12.3 Å². The second-order valence-electron chi connectivity index (χ2n) is 9.19. The molecule has 1 aliphatic carbocycles. The summed E-state index contributed by atoms with van der Waals surface area (Å²) in [5.74, 6) is 0.251. The quantitative estimate of drug-likeness (QED) is 0.412. The number of nitrogens with zero attached hydrogens (tertiary/aromatic N) is 4. The van der Waals surface area contributed by atoms with Gasteiger partial charge < -0.3 is 10.5 Å². The molecule has 1 aliphatic rings. The number of nitrogens with one attached hydrogen (secondary N) is 1. The van der Waals surface area contributed by atoms with Crippen LogP contribution >= 0.6 is 11.6 Å². The molecular weight excluding hydrogens is 480 g/mol. The van der Waals surface area contributed by atoms with Gasteiger partial charge in [0.25, 0.3) is 15.9 Å². The molecule has 0 radical (unpaired) electrons. The van der Waals surface area contributed by atoms with Crippen LogP contribution in [0.3, 0.4) is 0 Å². The molecule has 0 saturated heterocycles. The van der Waals surface area contributed by atoms with Crippen molar-refractivity contribution in [2.24, 2.45) is 27.5 Å². The minimum atomic E-state index is -4.25. The molecule has 0 aromatic carbocycles. The third-order valence-corrected chi connectivity index (χ3v) is 8.71. The smallest absolute Gasteiger partial charge is 0.268 e. The average Bonchev–Trinajstić information content (AvgIpc) is 3.05. The summed E-state index contributed by atoms with van der Waals surface area (Å²) in [5.41, 5.74) is 5.83. The maximum atomic E-state index is 12.6. The van der Waals surface area contributed by atoms with Gasteiger partial charge in [-0.05, 0) is 29.9 Å². The topological polar surface area (TPSA) is 142 Å². The molecule has 2 aromatic rings. The van der Waals surface area contributed by atoms with E-state index >= 15 is 0 Å². The number of hydrogen-bond donors (Lipinski definition) is 2. The summed E-state index contributed by atoms with van der Waals surface area (Å²) >= 11 is 6.18. The Kier molecular flexibility index (Phi) is 6.82. The van der Waals surface area contributed by atoms with Crippen LogP contribution in [-0.4, -0.2) is 48.5 Å². The monoisotopic (exact) mass is 508 g/mol. The van der Waals surface area contributed by atoms with Crippen molar-refractivity contribution in [3.05, 3.63) is 46.2 Å². The van der Waals surface area contributed by atoms with E-state index in [9.17, 15) is 13.2 Å². The van der Waals surface area contributed by atoms with Gasteiger partial charge in [-0.3, -0.25) is 9.79 Å². The molecule has 1 amide bonds. The van der Waals surface area contributed by atoms with Gasteiger partial charge in [-0.25, -0.2) is 22.8 Å². The number of carbonyl (C=O) groups excluding carboxylic acids is 1. The first-order valence-corrected chi connectivity index (χ1v) is 12.4. The number of aliphatic imine (C=N–C) groups is 1. The zero-order valence-electron chi connectivity index (χ0n) is 20.0. The lowest BCUT2D eigenvalue weighted by Crippen LogP contribution is -2.34. The highest BCUT2D eigenvalue weighted by Gasteiger charge is 2.64. The first kappa shape index (κ1) is 25.7. The van der Waals surface area contributed by atoms with Gasteiger partial charge in [0.1, 0.15) is 10.1 Å². The lowest BCUT2D eigenvalue weighted by Gasteiger charge is -2.11. The normalized spacial score (nSPS) is 18.0. The van der Waals surface area contributed by atoms with Gasteiger partial charge in [-0.15, -0.1) is 5.10 Å². The van der Waals surface area contributed by atoms with Crippen LogP contribution in [0.5, 0.6) is 5.88 Å². The standard InChI is InChI=1S/C22H29ClN6O4S/c1-13(25-6)15(11-24)34(31,32)28-20(30)14-7-8-17(26-19(14)23)29-10-9-18(27-29)33-12-16-21(2,3)22(16,4)5/h7-11,16H,12,24H2,1-6H3,(H,28,30). The van der Waals surface area contributed by atoms with Crippen LogP contribution in [0, 0.1) is 16.7 Å². The predicted molar refractivity (Wildman–Crippen MR) is 131 cm³/mol. The van der Waals surface area contributed by atoms with E-state index in [-0.39, 0.29) is 32.2 Å². The average molecular weight is 509 g/mol. The summed E-state index contributed by atoms with van der Waals surface area (Å²) < 4.78 is 34.2. The Morgan fingerprint density at radius 3 is 2.47 bits per heavy atom. The third-order valence-electron chi connectivity index (χ3n) is 6.96. The summed E-state index contributed by atoms with van der Waals surface area (Å²) in [5, 5.41) is 4.17. The van der Waals surface area contributed by atoms with Gasteiger partial charge >= 0.3 is 0 Å². The van der Waals surface area contributed by atoms with Crippen molar-refractivity contribution >= 4 is 33.2 Å². The van der Waals surface area contributed by atoms with Crippen molar-refractivity contribution < 1.29 is 17.9 Å². The molecule has 2 aromatic heterocycles. The number of halogens is 1. The fourth-order valence-corrected chi connectivity index (χ4v) is 5.26. The fraction of sp³-hybridized carbons (Fsp3) is 0.455. The SMILES string of the molecule is CN=C(C)C(=CN)S(=O)(=O)NC(=O)c1ccc(-n2ccc(OCC3C(C)(C)C3(C)C)n2)nc1Cl. The molecule has 3 N–H and O–H groups in total. The van der Waals surface area contributed by atoms with Crippen molar-refractivity contribution in [1.82, 2.24) is 19.5 Å². The number of nitrogens with two attached hydrogens (primary N) is 1. The summed E-state index contributed by atoms with van der Waals surface area (Å²) in [6.45, 7) is 10.9. The van der Waals surface area contributed by atoms with E-state index in [0.29, 0.717) is 24.2 Å². The van der Waals surface area contributed by atoms with E-state index in [1.165, 1.54) is 30.8 Å². The Balaban J connectivity index is 1.72. The second kappa shape index (κ2) is 9.03. The molecular formula is C22H29ClN6O4S. The fourth-order valence-electron chi connectivity index (χ4n) is 3.90. The minimum absolute atomic E-state index is 0.127. The molecule has 34 heavy (non-hydrogen) atoms. The molecule has 1 saturated carbocycles. The van der Waals surface area contributed by atoms with E-state index in [4.69, 9.17) is 22.1 Å². The van der Waals surface area contributed by atoms with E-state index in [1.807, 2.05) is 4.72 Å². The maximum Gasteiger partial charge on any atom is 0.268 e. The lowest BCUT2D eigenvalue weighted by molar-refractivity contribution is 0.0981. The predicted octanol–water partition coefficient (Wildman–Crippen LogP) is 2.93. The van der Waals surface area contributed by atoms with Crippen molar-refractivity contribution in [1.29, 1.82) is 0 Å². The zero-order chi connectivity index (χ0) is 25.5. The summed E-state index contributed by atoms with van der Waals surface area (Å²) in [6, 6.07) is 4.57. The summed E-state index contributed by atoms with van der Waals surface area (Å²) in [7, 11) is -2.83. The number of carbonyl (C=O) groups is 1. The maximum absolute atomic E-state index is 12.6. The number of amides is 1. The number of sulfonamides is 1. The number of rotatable bonds is 8. The highest BCUT2D eigenvalue weighted by atomic mass is 35.5. The Bertz CT molecular complexity index is 1270. The molecule has 0 bridgehead atoms. The number of aromatic nitrogens is 3. The van der Waals surface area contributed by atoms with Crippen LogP contribution in [-0.2, 0) is 10.0 Å². The molecule has 3 rings (SSSR count). The third kappa shape index (κ3) is 4.67. The van der Waals surface area contributed by atoms with E-state index in [0.717, 1.165) is 6.20 Å². The van der Waals surface area contributed by atoms with Crippen LogP contribution in [0.4, 0.5) is 0 Å². The van der Waals surface area contributed by atoms with Crippen LogP contribution in [0.15, 0.2) is 40.5 Å². The lowest BCUT2D eigenvalue weighted by atomic mass is 10.0. The molecule has 184 valence electrons. The van der Waals surface area contributed by atoms with Crippen molar-refractivity contribution in [3.63, 3.8) is 0 Å². The largest absolute Gasteiger partial charge is 0.476 e. The van der Waals surface area contributed by atoms with Gasteiger partial charge in [0, 0.05) is 31.4 Å². The zero-order valence-corrected chi connectivity index (χ0v) is 21.5. The molecule has 0 unspecified atom stereocenters. The van der Waals surface area contributed by atoms with Crippen molar-refractivity contribution in [2.75, 3.05) is 13.7 Å². The first-order chi connectivity index (χ1) is 15.8. The number of hydrogen-bond acceptors (Lipinski definition) is 8. The van der Waals surface area contributed by atoms with Gasteiger partial charge in [-0.2, -0.15) is 0 Å². The minimum Gasteiger partial charge on any atom is -0.476 e. The summed E-state index contributed by atoms with van der Waals surface area (Å²) in [6.07, 6.45) is 2.52. The van der Waals surface area contributed by atoms with Crippen LogP contribution in [0.1, 0.15) is 45.0 Å². The van der Waals surface area contributed by atoms with Gasteiger partial charge in [0.2, 0.25) is 5.88 Å². The van der Waals surface area contributed by atoms with Gasteiger partial charge in [0.15, 0.2) is 5.82 Å². The molecule has 1 fully saturated rings. The highest BCUT2D eigenvalue weighted by molar-refractivity contribution is 7.95. The summed E-state index contributed by atoms with van der Waals surface area (Å²) in [4.78, 5) is 20.2. The van der Waals surface area contributed by atoms with E-state index in [2.05, 4.69) is 42.8 Å². The van der Waals surface area contributed by atoms with Crippen molar-refractivity contribution in [3.8, 4) is 11.7 Å². The van der Waals surface area contributed by atoms with E-state index < -0.39 is 15.9 Å². The van der Waals surface area contributed by atoms with Crippen LogP contribution in [0.2, 0.25) is 5.15 Å². The van der Waals surface area contributed by atoms with Gasteiger partial charge in [0.05, 0.1) is 17.9 Å². The molecule has 10 nitrogen and oxygen atoms in total. The van der Waals surface area contributed by atoms with Crippen LogP contribution in [0.25, 0.3) is 5.82 Å². The number of pyridine rings is 1. The Morgan fingerprint density at radius 2 is 1.94 bits per heavy atom. The second-order valence-corrected chi connectivity index (χ2v) is 11.2. The molecule has 0 spiro atoms. The number of ether oxygens (including phenoxy) is 1. The number of allylic oxidation sites excluding steroid dienone is 1. The van der Waals surface area contributed by atoms with Gasteiger partial charge in [-0.1, -0.05) is 39.3 Å². The Morgan fingerprint density at radius 1 is 1.29 bits per heavy atom. The first-order valence-electron chi connectivity index (χ1n) is 10.5. The van der Waals surface area contributed by atoms with Crippen LogP contribution < -0.4 is 15.2 Å².